The molecule has 7 nitrogen and oxygen atoms in total. The molecule has 9 heteroatoms. The number of rotatable bonds is 0. The van der Waals surface area contributed by atoms with E-state index in [2.05, 4.69) is 42.5 Å². The number of aliphatic hydroxyl groups is 1. The van der Waals surface area contributed by atoms with E-state index in [1.807, 2.05) is 4.57 Å². The SMILES string of the molecule is CN1C(=O)N[C@@H]2[C@H]3NC(=O)c4cc(Br)c(Br)n4[C@H]3C[C@@]21O. The average molecular weight is 420 g/mol. The van der Waals surface area contributed by atoms with Gasteiger partial charge in [-0.25, -0.2) is 4.79 Å². The number of hydrogen-bond donors (Lipinski definition) is 3. The van der Waals surface area contributed by atoms with Crippen molar-refractivity contribution >= 4 is 43.8 Å². The minimum atomic E-state index is -1.29. The summed E-state index contributed by atoms with van der Waals surface area (Å²) in [6, 6.07) is 0.422. The summed E-state index contributed by atoms with van der Waals surface area (Å²) in [5, 5.41) is 16.5. The highest BCUT2D eigenvalue weighted by Crippen LogP contribution is 2.47. The van der Waals surface area contributed by atoms with Crippen LogP contribution in [0.2, 0.25) is 0 Å². The molecule has 0 radical (unpaired) electrons. The van der Waals surface area contributed by atoms with Gasteiger partial charge < -0.3 is 20.3 Å². The summed E-state index contributed by atoms with van der Waals surface area (Å²) in [5.74, 6) is -0.212. The minimum Gasteiger partial charge on any atom is -0.368 e. The van der Waals surface area contributed by atoms with Gasteiger partial charge in [0.2, 0.25) is 0 Å². The molecule has 3 aliphatic rings. The molecule has 21 heavy (non-hydrogen) atoms. The molecule has 0 unspecified atom stereocenters. The van der Waals surface area contributed by atoms with Gasteiger partial charge in [0.15, 0.2) is 5.72 Å². The summed E-state index contributed by atoms with van der Waals surface area (Å²) in [5.41, 5.74) is -0.759. The van der Waals surface area contributed by atoms with Gasteiger partial charge in [0.1, 0.15) is 11.7 Å². The number of fused-ring (bicyclic) bond motifs is 5. The van der Waals surface area contributed by atoms with Crippen LogP contribution in [0.25, 0.3) is 0 Å². The maximum Gasteiger partial charge on any atom is 0.319 e. The van der Waals surface area contributed by atoms with Crippen LogP contribution < -0.4 is 10.6 Å². The van der Waals surface area contributed by atoms with Gasteiger partial charge in [0.05, 0.1) is 21.2 Å². The number of likely N-dealkylation sites (N-methyl/N-ethyl adjacent to an activating group) is 1. The lowest BCUT2D eigenvalue weighted by Gasteiger charge is -2.32. The van der Waals surface area contributed by atoms with Crippen LogP contribution in [0.15, 0.2) is 15.1 Å². The predicted octanol–water partition coefficient (Wildman–Crippen LogP) is 0.782. The van der Waals surface area contributed by atoms with Crippen LogP contribution >= 0.6 is 31.9 Å². The third kappa shape index (κ3) is 1.51. The van der Waals surface area contributed by atoms with Crippen LogP contribution in [0.4, 0.5) is 4.79 Å². The van der Waals surface area contributed by atoms with Crippen LogP contribution in [0, 0.1) is 0 Å². The number of nitrogens with one attached hydrogen (secondary N) is 2. The topological polar surface area (TPSA) is 86.6 Å². The van der Waals surface area contributed by atoms with E-state index in [4.69, 9.17) is 0 Å². The van der Waals surface area contributed by atoms with E-state index in [-0.39, 0.29) is 24.0 Å². The van der Waals surface area contributed by atoms with E-state index in [9.17, 15) is 14.7 Å². The quantitative estimate of drug-likeness (QED) is 0.580. The van der Waals surface area contributed by atoms with Gasteiger partial charge >= 0.3 is 6.03 Å². The Hall–Kier alpha value is -1.06. The van der Waals surface area contributed by atoms with Crippen molar-refractivity contribution in [3.63, 3.8) is 0 Å². The van der Waals surface area contributed by atoms with Crippen molar-refractivity contribution in [1.82, 2.24) is 20.1 Å². The number of carbonyl (C=O) groups is 2. The summed E-state index contributed by atoms with van der Waals surface area (Å²) >= 11 is 6.88. The second-order valence-corrected chi connectivity index (χ2v) is 7.28. The zero-order valence-corrected chi connectivity index (χ0v) is 14.1. The van der Waals surface area contributed by atoms with Gasteiger partial charge in [-0.1, -0.05) is 0 Å². The third-order valence-electron chi connectivity index (χ3n) is 4.74. The lowest BCUT2D eigenvalue weighted by molar-refractivity contribution is -0.0561. The van der Waals surface area contributed by atoms with E-state index in [0.29, 0.717) is 12.1 Å². The summed E-state index contributed by atoms with van der Waals surface area (Å²) < 4.78 is 3.43. The molecule has 3 amide bonds. The van der Waals surface area contributed by atoms with Crippen LogP contribution in [-0.4, -0.2) is 51.4 Å². The van der Waals surface area contributed by atoms with Gasteiger partial charge in [-0.05, 0) is 37.9 Å². The smallest absolute Gasteiger partial charge is 0.319 e. The Balaban J connectivity index is 1.85. The first-order chi connectivity index (χ1) is 9.84. The normalized spacial score (nSPS) is 37.0. The van der Waals surface area contributed by atoms with Crippen molar-refractivity contribution in [1.29, 1.82) is 0 Å². The number of carbonyl (C=O) groups excluding carboxylic acids is 2. The van der Waals surface area contributed by atoms with Crippen molar-refractivity contribution in [3.05, 3.63) is 20.8 Å². The number of aromatic nitrogens is 1. The largest absolute Gasteiger partial charge is 0.368 e. The zero-order valence-electron chi connectivity index (χ0n) is 10.9. The van der Waals surface area contributed by atoms with Gasteiger partial charge in [-0.2, -0.15) is 0 Å². The van der Waals surface area contributed by atoms with Gasteiger partial charge in [0.25, 0.3) is 5.91 Å². The first kappa shape index (κ1) is 13.6. The molecule has 1 saturated heterocycles. The monoisotopic (exact) mass is 418 g/mol. The molecule has 0 bridgehead atoms. The minimum absolute atomic E-state index is 0.128. The summed E-state index contributed by atoms with van der Waals surface area (Å²) in [6.45, 7) is 0. The van der Waals surface area contributed by atoms with Crippen molar-refractivity contribution in [2.75, 3.05) is 7.05 Å². The number of nitrogens with zero attached hydrogens (tertiary/aromatic N) is 2. The fraction of sp³-hybridized carbons (Fsp3) is 0.500. The fourth-order valence-corrected chi connectivity index (χ4v) is 4.63. The summed E-state index contributed by atoms with van der Waals surface area (Å²) in [4.78, 5) is 25.4. The zero-order chi connectivity index (χ0) is 15.1. The molecular weight excluding hydrogens is 408 g/mol. The average Bonchev–Trinajstić information content (AvgIpc) is 2.95. The third-order valence-corrected chi connectivity index (χ3v) is 6.69. The van der Waals surface area contributed by atoms with E-state index in [0.717, 1.165) is 9.08 Å². The second kappa shape index (κ2) is 4.02. The molecule has 0 spiro atoms. The molecule has 3 heterocycles. The van der Waals surface area contributed by atoms with Crippen LogP contribution in [-0.2, 0) is 0 Å². The molecule has 1 aliphatic carbocycles. The van der Waals surface area contributed by atoms with Gasteiger partial charge in [-0.15, -0.1) is 0 Å². The number of halogens is 2. The van der Waals surface area contributed by atoms with Gasteiger partial charge in [0, 0.05) is 13.5 Å². The Morgan fingerprint density at radius 2 is 2.10 bits per heavy atom. The highest BCUT2D eigenvalue weighted by Gasteiger charge is 2.63. The maximum atomic E-state index is 12.3. The number of amides is 3. The van der Waals surface area contributed by atoms with Crippen molar-refractivity contribution in [3.8, 4) is 0 Å². The van der Waals surface area contributed by atoms with E-state index >= 15 is 0 Å². The number of urea groups is 1. The molecular formula is C12H12Br2N4O3. The van der Waals surface area contributed by atoms with Crippen LogP contribution in [0.1, 0.15) is 23.0 Å². The number of hydrogen-bond acceptors (Lipinski definition) is 3. The maximum absolute atomic E-state index is 12.3. The summed E-state index contributed by atoms with van der Waals surface area (Å²) in [7, 11) is 1.57. The van der Waals surface area contributed by atoms with E-state index < -0.39 is 11.8 Å². The summed E-state index contributed by atoms with van der Waals surface area (Å²) in [6.07, 6.45) is 0.352. The second-order valence-electron chi connectivity index (χ2n) is 5.67. The molecule has 4 rings (SSSR count). The van der Waals surface area contributed by atoms with Crippen LogP contribution in [0.3, 0.4) is 0 Å². The Morgan fingerprint density at radius 1 is 1.38 bits per heavy atom. The lowest BCUT2D eigenvalue weighted by atomic mass is 10.1. The van der Waals surface area contributed by atoms with Crippen LogP contribution in [0.5, 0.6) is 0 Å². The first-order valence-electron chi connectivity index (χ1n) is 6.48. The van der Waals surface area contributed by atoms with Crippen molar-refractivity contribution in [2.45, 2.75) is 30.3 Å². The molecule has 2 aliphatic heterocycles. The first-order valence-corrected chi connectivity index (χ1v) is 8.07. The Labute approximate surface area is 136 Å². The van der Waals surface area contributed by atoms with Crippen molar-refractivity contribution < 1.29 is 14.7 Å². The Morgan fingerprint density at radius 3 is 2.81 bits per heavy atom. The van der Waals surface area contributed by atoms with Crippen molar-refractivity contribution in [2.24, 2.45) is 0 Å². The molecule has 3 N–H and O–H groups in total. The lowest BCUT2D eigenvalue weighted by Crippen LogP contribution is -2.56. The highest BCUT2D eigenvalue weighted by atomic mass is 79.9. The van der Waals surface area contributed by atoms with E-state index in [1.165, 1.54) is 4.90 Å². The van der Waals surface area contributed by atoms with E-state index in [1.54, 1.807) is 13.1 Å². The Bertz CT molecular complexity index is 690. The standard InChI is InChI=1S/C12H12Br2N4O3/c1-17-11(20)16-8-7-6(3-12(8,17)21)18-5(10(19)15-7)2-4(13)9(18)14/h2,6-8,21H,3H2,1H3,(H,15,19)(H,16,20)/t6-,7-,8+,12+/m0/s1. The molecule has 1 aromatic heterocycles. The molecule has 1 saturated carbocycles. The molecule has 0 aromatic carbocycles. The molecule has 1 aromatic rings. The molecule has 4 atom stereocenters. The molecule has 112 valence electrons. The van der Waals surface area contributed by atoms with Gasteiger partial charge in [-0.3, -0.25) is 9.69 Å². The molecule has 2 fully saturated rings. The predicted molar refractivity (Wildman–Crippen MR) is 79.8 cm³/mol. The Kier molecular flexibility index (Phi) is 2.60. The fourth-order valence-electron chi connectivity index (χ4n) is 3.65. The highest BCUT2D eigenvalue weighted by molar-refractivity contribution is 9.13.